The Morgan fingerprint density at radius 1 is 1.06 bits per heavy atom. The summed E-state index contributed by atoms with van der Waals surface area (Å²) in [4.78, 5) is 41.2. The molecule has 0 saturated heterocycles. The van der Waals surface area contributed by atoms with Crippen LogP contribution < -0.4 is 10.6 Å². The Balaban J connectivity index is 1.47. The molecule has 0 unspecified atom stereocenters. The topological polar surface area (TPSA) is 105 Å². The molecule has 0 radical (unpaired) electrons. The molecule has 8 heteroatoms. The molecule has 0 bridgehead atoms. The lowest BCUT2D eigenvalue weighted by molar-refractivity contribution is -0.121. The summed E-state index contributed by atoms with van der Waals surface area (Å²) >= 11 is 0. The Morgan fingerprint density at radius 2 is 1.81 bits per heavy atom. The van der Waals surface area contributed by atoms with E-state index < -0.39 is 30.2 Å². The number of aromatic amines is 1. The van der Waals surface area contributed by atoms with Gasteiger partial charge in [0.15, 0.2) is 6.61 Å². The smallest absolute Gasteiger partial charge is 0.338 e. The van der Waals surface area contributed by atoms with E-state index in [4.69, 9.17) is 10.5 Å². The summed E-state index contributed by atoms with van der Waals surface area (Å²) in [6, 6.07) is 10.6. The van der Waals surface area contributed by atoms with Crippen molar-refractivity contribution in [1.29, 1.82) is 0 Å². The number of benzene rings is 2. The van der Waals surface area contributed by atoms with Crippen LogP contribution in [0.2, 0.25) is 0 Å². The number of hydrogen-bond acceptors (Lipinski definition) is 4. The van der Waals surface area contributed by atoms with E-state index in [0.717, 1.165) is 36.6 Å². The van der Waals surface area contributed by atoms with E-state index in [9.17, 15) is 18.8 Å². The van der Waals surface area contributed by atoms with Gasteiger partial charge < -0.3 is 20.4 Å². The van der Waals surface area contributed by atoms with E-state index >= 15 is 0 Å². The fourth-order valence-electron chi connectivity index (χ4n) is 4.06. The van der Waals surface area contributed by atoms with E-state index in [-0.39, 0.29) is 13.0 Å². The molecule has 1 aliphatic rings. The summed E-state index contributed by atoms with van der Waals surface area (Å²) in [5.74, 6) is -2.18. The predicted molar refractivity (Wildman–Crippen MR) is 118 cm³/mol. The number of nitrogens with one attached hydrogen (secondary N) is 1. The Kier molecular flexibility index (Phi) is 6.20. The number of amides is 2. The molecule has 0 atom stereocenters. The summed E-state index contributed by atoms with van der Waals surface area (Å²) in [6.07, 6.45) is 4.17. The minimum absolute atomic E-state index is 0.00119. The number of ether oxygens (including phenoxy) is 1. The van der Waals surface area contributed by atoms with Crippen molar-refractivity contribution in [2.75, 3.05) is 18.1 Å². The highest BCUT2D eigenvalue weighted by Crippen LogP contribution is 2.29. The van der Waals surface area contributed by atoms with Crippen LogP contribution in [-0.4, -0.2) is 35.9 Å². The maximum atomic E-state index is 13.3. The lowest BCUT2D eigenvalue weighted by Gasteiger charge is -2.22. The van der Waals surface area contributed by atoms with E-state index in [1.807, 2.05) is 6.07 Å². The normalized spacial score (nSPS) is 12.9. The number of hydrogen-bond donors (Lipinski definition) is 2. The second kappa shape index (κ2) is 9.21. The number of carbonyl (C=O) groups excluding carboxylic acids is 3. The summed E-state index contributed by atoms with van der Waals surface area (Å²) in [5, 5.41) is 1.01. The molecule has 1 heterocycles. The van der Waals surface area contributed by atoms with Crippen LogP contribution >= 0.6 is 0 Å². The maximum absolute atomic E-state index is 13.3. The Labute approximate surface area is 184 Å². The van der Waals surface area contributed by atoms with Gasteiger partial charge >= 0.3 is 5.97 Å². The number of rotatable bonds is 7. The molecule has 0 spiro atoms. The standard InChI is InChI=1S/C24H24FN3O4/c25-16-6-8-17(9-7-16)28(12-11-22(26)29)23(30)14-32-24(31)15-5-10-21-19(13-15)18-3-1-2-4-20(18)27-21/h5-10,13,27H,1-4,11-12,14H2,(H2,26,29). The summed E-state index contributed by atoms with van der Waals surface area (Å²) in [7, 11) is 0. The van der Waals surface area contributed by atoms with Crippen LogP contribution in [0.5, 0.6) is 0 Å². The predicted octanol–water partition coefficient (Wildman–Crippen LogP) is 3.25. The third-order valence-electron chi connectivity index (χ3n) is 5.68. The number of nitrogens with zero attached hydrogens (tertiary/aromatic N) is 1. The van der Waals surface area contributed by atoms with Gasteiger partial charge in [-0.3, -0.25) is 9.59 Å². The molecule has 3 aromatic rings. The highest BCUT2D eigenvalue weighted by atomic mass is 19.1. The number of anilines is 1. The van der Waals surface area contributed by atoms with Gasteiger partial charge in [0.2, 0.25) is 5.91 Å². The maximum Gasteiger partial charge on any atom is 0.338 e. The van der Waals surface area contributed by atoms with Gasteiger partial charge in [-0.2, -0.15) is 0 Å². The van der Waals surface area contributed by atoms with Crippen LogP contribution in [-0.2, 0) is 27.2 Å². The van der Waals surface area contributed by atoms with Gasteiger partial charge in [0.25, 0.3) is 5.91 Å². The second-order valence-electron chi connectivity index (χ2n) is 7.86. The number of aryl methyl sites for hydroxylation is 2. The first-order valence-corrected chi connectivity index (χ1v) is 10.6. The van der Waals surface area contributed by atoms with Gasteiger partial charge in [0.1, 0.15) is 5.82 Å². The molecule has 0 saturated carbocycles. The zero-order valence-electron chi connectivity index (χ0n) is 17.5. The molecule has 2 amide bonds. The fourth-order valence-corrected chi connectivity index (χ4v) is 4.06. The Morgan fingerprint density at radius 3 is 2.56 bits per heavy atom. The summed E-state index contributed by atoms with van der Waals surface area (Å²) in [5.41, 5.74) is 9.39. The third kappa shape index (κ3) is 4.64. The van der Waals surface area contributed by atoms with E-state index in [1.54, 1.807) is 12.1 Å². The van der Waals surface area contributed by atoms with Crippen LogP contribution in [0.1, 0.15) is 40.9 Å². The number of esters is 1. The van der Waals surface area contributed by atoms with Crippen LogP contribution in [0, 0.1) is 5.82 Å². The lowest BCUT2D eigenvalue weighted by Crippen LogP contribution is -2.37. The fraction of sp³-hybridized carbons (Fsp3) is 0.292. The average molecular weight is 437 g/mol. The van der Waals surface area contributed by atoms with Gasteiger partial charge in [0.05, 0.1) is 5.56 Å². The zero-order valence-corrected chi connectivity index (χ0v) is 17.5. The van der Waals surface area contributed by atoms with Gasteiger partial charge in [-0.05, 0) is 73.7 Å². The number of H-pyrrole nitrogens is 1. The van der Waals surface area contributed by atoms with E-state index in [1.165, 1.54) is 40.4 Å². The largest absolute Gasteiger partial charge is 0.452 e. The van der Waals surface area contributed by atoms with Crippen LogP contribution in [0.3, 0.4) is 0 Å². The average Bonchev–Trinajstić information content (AvgIpc) is 3.16. The minimum Gasteiger partial charge on any atom is -0.452 e. The highest BCUT2D eigenvalue weighted by molar-refractivity contribution is 5.99. The molecule has 0 aliphatic heterocycles. The number of carbonyl (C=O) groups is 3. The quantitative estimate of drug-likeness (QED) is 0.554. The molecule has 166 valence electrons. The number of aromatic nitrogens is 1. The monoisotopic (exact) mass is 437 g/mol. The van der Waals surface area contributed by atoms with Crippen molar-refractivity contribution in [2.45, 2.75) is 32.1 Å². The van der Waals surface area contributed by atoms with Gasteiger partial charge in [0, 0.05) is 35.2 Å². The van der Waals surface area contributed by atoms with Gasteiger partial charge in [-0.25, -0.2) is 9.18 Å². The number of halogens is 1. The second-order valence-corrected chi connectivity index (χ2v) is 7.86. The molecule has 4 rings (SSSR count). The molecular formula is C24H24FN3O4. The molecule has 1 aliphatic carbocycles. The van der Waals surface area contributed by atoms with Crippen molar-refractivity contribution in [3.05, 3.63) is 65.1 Å². The van der Waals surface area contributed by atoms with Crippen molar-refractivity contribution in [3.8, 4) is 0 Å². The summed E-state index contributed by atoms with van der Waals surface area (Å²) in [6.45, 7) is -0.517. The SMILES string of the molecule is NC(=O)CCN(C(=O)COC(=O)c1ccc2[nH]c3c(c2c1)CCCC3)c1ccc(F)cc1. The van der Waals surface area contributed by atoms with Crippen molar-refractivity contribution in [1.82, 2.24) is 4.98 Å². The molecule has 3 N–H and O–H groups in total. The number of primary amides is 1. The third-order valence-corrected chi connectivity index (χ3v) is 5.68. The highest BCUT2D eigenvalue weighted by Gasteiger charge is 2.21. The molecule has 2 aromatic carbocycles. The lowest BCUT2D eigenvalue weighted by atomic mass is 9.95. The van der Waals surface area contributed by atoms with Crippen LogP contribution in [0.25, 0.3) is 10.9 Å². The van der Waals surface area contributed by atoms with Gasteiger partial charge in [-0.15, -0.1) is 0 Å². The number of nitrogens with two attached hydrogens (primary N) is 1. The molecule has 1 aromatic heterocycles. The molecule has 0 fully saturated rings. The molecule has 7 nitrogen and oxygen atoms in total. The Hall–Kier alpha value is -3.68. The van der Waals surface area contributed by atoms with Crippen molar-refractivity contribution in [3.63, 3.8) is 0 Å². The van der Waals surface area contributed by atoms with E-state index in [2.05, 4.69) is 4.98 Å². The van der Waals surface area contributed by atoms with Crippen LogP contribution in [0.4, 0.5) is 10.1 Å². The van der Waals surface area contributed by atoms with E-state index in [0.29, 0.717) is 11.3 Å². The molecule has 32 heavy (non-hydrogen) atoms. The Bertz CT molecular complexity index is 1170. The van der Waals surface area contributed by atoms with Crippen molar-refractivity contribution >= 4 is 34.4 Å². The molecular weight excluding hydrogens is 413 g/mol. The van der Waals surface area contributed by atoms with Crippen molar-refractivity contribution in [2.24, 2.45) is 5.73 Å². The minimum atomic E-state index is -0.611. The van der Waals surface area contributed by atoms with Crippen LogP contribution in [0.15, 0.2) is 42.5 Å². The number of fused-ring (bicyclic) bond motifs is 3. The van der Waals surface area contributed by atoms with Crippen molar-refractivity contribution < 1.29 is 23.5 Å². The zero-order chi connectivity index (χ0) is 22.7. The summed E-state index contributed by atoms with van der Waals surface area (Å²) < 4.78 is 18.5. The first kappa shape index (κ1) is 21.5. The van der Waals surface area contributed by atoms with Gasteiger partial charge in [-0.1, -0.05) is 0 Å². The first-order chi connectivity index (χ1) is 15.4. The first-order valence-electron chi connectivity index (χ1n) is 10.6.